The number of nitrogens with two attached hydrogens (primary N) is 2. The molecule has 0 fully saturated rings. The number of fused-ring (bicyclic) bond motifs is 3. The molecule has 0 saturated heterocycles. The summed E-state index contributed by atoms with van der Waals surface area (Å²) >= 11 is 0. The van der Waals surface area contributed by atoms with E-state index >= 15 is 0 Å². The molecule has 0 saturated carbocycles. The average Bonchev–Trinajstić information content (AvgIpc) is 2.72. The van der Waals surface area contributed by atoms with Gasteiger partial charge in [0.2, 0.25) is 5.78 Å². The van der Waals surface area contributed by atoms with Crippen molar-refractivity contribution in [3.63, 3.8) is 0 Å². The number of aliphatic hydroxyl groups is 4. The van der Waals surface area contributed by atoms with E-state index in [1.807, 2.05) is 0 Å². The quantitative estimate of drug-likeness (QED) is 0.167. The molecule has 3 aliphatic rings. The molecular formula is C22H25N3O8. The van der Waals surface area contributed by atoms with Crippen LogP contribution in [0.2, 0.25) is 0 Å². The minimum atomic E-state index is -2.93. The molecule has 33 heavy (non-hydrogen) atoms. The largest absolute Gasteiger partial charge is 0.510 e. The van der Waals surface area contributed by atoms with Crippen molar-refractivity contribution in [1.82, 2.24) is 4.90 Å². The first-order valence-electron chi connectivity index (χ1n) is 10.2. The lowest BCUT2D eigenvalue weighted by Crippen LogP contribution is -2.68. The molecule has 11 nitrogen and oxygen atoms in total. The molecule has 0 heterocycles. The summed E-state index contributed by atoms with van der Waals surface area (Å²) in [6.07, 6.45) is -1.62. The smallest absolute Gasteiger partial charge is 0.255 e. The molecule has 1 amide bonds. The van der Waals surface area contributed by atoms with Crippen molar-refractivity contribution >= 4 is 23.2 Å². The van der Waals surface area contributed by atoms with E-state index in [4.69, 9.17) is 11.5 Å². The number of nitrogen functional groups attached to an aromatic ring is 1. The Morgan fingerprint density at radius 3 is 2.30 bits per heavy atom. The van der Waals surface area contributed by atoms with E-state index in [1.165, 1.54) is 31.1 Å². The van der Waals surface area contributed by atoms with E-state index in [0.29, 0.717) is 5.56 Å². The van der Waals surface area contributed by atoms with Crippen LogP contribution >= 0.6 is 0 Å². The molecule has 0 bridgehead atoms. The number of amides is 1. The summed E-state index contributed by atoms with van der Waals surface area (Å²) in [6.45, 7) is 1.65. The van der Waals surface area contributed by atoms with Gasteiger partial charge in [0.05, 0.1) is 29.3 Å². The highest BCUT2D eigenvalue weighted by Crippen LogP contribution is 2.55. The van der Waals surface area contributed by atoms with Crippen molar-refractivity contribution in [3.05, 3.63) is 45.9 Å². The fourth-order valence-corrected chi connectivity index (χ4v) is 5.64. The molecule has 6 atom stereocenters. The Bertz CT molecular complexity index is 1190. The second kappa shape index (κ2) is 7.04. The molecule has 1 aromatic rings. The van der Waals surface area contributed by atoms with Gasteiger partial charge in [-0.2, -0.15) is 0 Å². The first-order chi connectivity index (χ1) is 15.3. The maximum Gasteiger partial charge on any atom is 0.255 e. The van der Waals surface area contributed by atoms with Gasteiger partial charge in [0.15, 0.2) is 11.4 Å². The maximum absolute atomic E-state index is 13.4. The van der Waals surface area contributed by atoms with E-state index in [9.17, 15) is 39.9 Å². The molecule has 11 heteroatoms. The number of hydrogen-bond acceptors (Lipinski definition) is 10. The van der Waals surface area contributed by atoms with Crippen LogP contribution < -0.4 is 11.5 Å². The zero-order chi connectivity index (χ0) is 24.7. The third kappa shape index (κ3) is 2.63. The van der Waals surface area contributed by atoms with Gasteiger partial charge in [0, 0.05) is 11.5 Å². The van der Waals surface area contributed by atoms with Gasteiger partial charge in [-0.05, 0) is 31.6 Å². The van der Waals surface area contributed by atoms with Crippen molar-refractivity contribution in [2.75, 3.05) is 19.8 Å². The van der Waals surface area contributed by atoms with Crippen LogP contribution in [0.1, 0.15) is 28.8 Å². The molecule has 0 spiro atoms. The molecule has 1 aromatic carbocycles. The summed E-state index contributed by atoms with van der Waals surface area (Å²) in [5.74, 6) is -9.34. The van der Waals surface area contributed by atoms with E-state index in [0.717, 1.165) is 0 Å². The normalized spacial score (nSPS) is 33.7. The number of aliphatic hydroxyl groups excluding tert-OH is 3. The van der Waals surface area contributed by atoms with Gasteiger partial charge in [-0.15, -0.1) is 0 Å². The van der Waals surface area contributed by atoms with Gasteiger partial charge in [-0.25, -0.2) is 0 Å². The topological polar surface area (TPSA) is 208 Å². The minimum Gasteiger partial charge on any atom is -0.510 e. The number of nitrogens with zero attached hydrogens (tertiary/aromatic N) is 1. The number of carbonyl (C=O) groups is 3. The van der Waals surface area contributed by atoms with Crippen molar-refractivity contribution in [1.29, 1.82) is 0 Å². The predicted molar refractivity (Wildman–Crippen MR) is 114 cm³/mol. The molecule has 0 radical (unpaired) electrons. The molecule has 3 aliphatic carbocycles. The maximum atomic E-state index is 13.4. The summed E-state index contributed by atoms with van der Waals surface area (Å²) in [5.41, 5.74) is 6.72. The highest BCUT2D eigenvalue weighted by molar-refractivity contribution is 6.25. The monoisotopic (exact) mass is 459 g/mol. The average molecular weight is 459 g/mol. The highest BCUT2D eigenvalue weighted by atomic mass is 16.4. The van der Waals surface area contributed by atoms with E-state index in [-0.39, 0.29) is 11.3 Å². The number of Topliss-reactive ketones (excluding diaryl/α,β-unsaturated/α-hetero) is 2. The summed E-state index contributed by atoms with van der Waals surface area (Å²) in [6, 6.07) is 1.63. The summed E-state index contributed by atoms with van der Waals surface area (Å²) < 4.78 is 0. The third-order valence-electron chi connectivity index (χ3n) is 7.16. The number of phenolic OH excluding ortho intramolecular Hbond substituents is 1. The van der Waals surface area contributed by atoms with Gasteiger partial charge in [0.25, 0.3) is 5.91 Å². The summed E-state index contributed by atoms with van der Waals surface area (Å²) in [5, 5.41) is 55.3. The van der Waals surface area contributed by atoms with Gasteiger partial charge in [-0.1, -0.05) is 13.0 Å². The summed E-state index contributed by atoms with van der Waals surface area (Å²) in [7, 11) is 2.95. The van der Waals surface area contributed by atoms with Crippen LogP contribution in [-0.4, -0.2) is 79.7 Å². The second-order valence-corrected chi connectivity index (χ2v) is 9.02. The fourth-order valence-electron chi connectivity index (χ4n) is 5.64. The number of aromatic hydroxyl groups is 1. The lowest BCUT2D eigenvalue weighted by Gasteiger charge is -2.53. The number of hydrogen-bond donors (Lipinski definition) is 7. The Morgan fingerprint density at radius 2 is 1.76 bits per heavy atom. The Labute approximate surface area is 188 Å². The van der Waals surface area contributed by atoms with Crippen molar-refractivity contribution in [2.45, 2.75) is 30.6 Å². The first-order valence-corrected chi connectivity index (χ1v) is 10.2. The standard InChI is InChI=1S/C22H25N3O8/c1-6-7-4-5-8(23)15(26)10(7)16(27)11-9(6)17(28)13-14(25(2)3)18(29)12(21(24)32)20(31)22(13,33)19(11)30/h4-6,9,13-14,17,26,28-30,33H,23H2,1-3H3,(H2,24,32). The van der Waals surface area contributed by atoms with E-state index in [2.05, 4.69) is 0 Å². The number of primary amides is 1. The van der Waals surface area contributed by atoms with Crippen molar-refractivity contribution in [3.8, 4) is 5.75 Å². The molecule has 9 N–H and O–H groups in total. The Balaban J connectivity index is 2.07. The third-order valence-corrected chi connectivity index (χ3v) is 7.16. The van der Waals surface area contributed by atoms with Crippen LogP contribution in [0.15, 0.2) is 34.8 Å². The van der Waals surface area contributed by atoms with Crippen LogP contribution in [0.3, 0.4) is 0 Å². The SMILES string of the molecule is CC1c2ccc(N)c(O)c2C(=O)C2=C(O)C3(O)C(=O)C(C(N)=O)=C(O)C(N(C)C)C3C(O)C21. The van der Waals surface area contributed by atoms with Gasteiger partial charge < -0.3 is 37.0 Å². The predicted octanol–water partition coefficient (Wildman–Crippen LogP) is -0.765. The van der Waals surface area contributed by atoms with Gasteiger partial charge in [-0.3, -0.25) is 19.3 Å². The highest BCUT2D eigenvalue weighted by Gasteiger charge is 2.67. The molecule has 0 aliphatic heterocycles. The van der Waals surface area contributed by atoms with Crippen LogP contribution in [0.5, 0.6) is 5.75 Å². The summed E-state index contributed by atoms with van der Waals surface area (Å²) in [4.78, 5) is 40.0. The van der Waals surface area contributed by atoms with Crippen molar-refractivity contribution in [2.24, 2.45) is 17.6 Å². The van der Waals surface area contributed by atoms with Gasteiger partial charge in [0.1, 0.15) is 22.8 Å². The Kier molecular flexibility index (Phi) is 4.86. The molecule has 176 valence electrons. The zero-order valence-electron chi connectivity index (χ0n) is 18.1. The number of rotatable bonds is 2. The number of phenols is 1. The zero-order valence-corrected chi connectivity index (χ0v) is 18.1. The number of likely N-dealkylation sites (N-methyl/N-ethyl adjacent to an activating group) is 1. The van der Waals surface area contributed by atoms with E-state index in [1.54, 1.807) is 6.92 Å². The molecule has 6 unspecified atom stereocenters. The van der Waals surface area contributed by atoms with E-state index < -0.39 is 81.4 Å². The second-order valence-electron chi connectivity index (χ2n) is 9.02. The van der Waals surface area contributed by atoms with Crippen molar-refractivity contribution < 1.29 is 39.9 Å². The van der Waals surface area contributed by atoms with Crippen LogP contribution in [0.4, 0.5) is 5.69 Å². The number of benzene rings is 1. The molecule has 4 rings (SSSR count). The number of carbonyl (C=O) groups excluding carboxylic acids is 3. The number of ketones is 2. The Morgan fingerprint density at radius 1 is 1.15 bits per heavy atom. The Hall–Kier alpha value is -3.41. The lowest BCUT2D eigenvalue weighted by molar-refractivity contribution is -0.162. The van der Waals surface area contributed by atoms with Crippen LogP contribution in [0, 0.1) is 11.8 Å². The van der Waals surface area contributed by atoms with Gasteiger partial charge >= 0.3 is 0 Å². The lowest BCUT2D eigenvalue weighted by atomic mass is 9.55. The van der Waals surface area contributed by atoms with Crippen LogP contribution in [0.25, 0.3) is 0 Å². The fraction of sp³-hybridized carbons (Fsp3) is 0.409. The number of anilines is 1. The van der Waals surface area contributed by atoms with Crippen LogP contribution in [-0.2, 0) is 9.59 Å². The first kappa shape index (κ1) is 22.8. The molecular weight excluding hydrogens is 434 g/mol. The minimum absolute atomic E-state index is 0.0916. The molecule has 0 aromatic heterocycles.